The van der Waals surface area contributed by atoms with Gasteiger partial charge in [-0.15, -0.1) is 11.3 Å². The number of urea groups is 1. The van der Waals surface area contributed by atoms with Crippen molar-refractivity contribution >= 4 is 32.3 Å². The molecule has 0 saturated carbocycles. The molecule has 0 aliphatic rings. The highest BCUT2D eigenvalue weighted by atomic mass is 32.2. The first-order valence-electron chi connectivity index (χ1n) is 8.46. The van der Waals surface area contributed by atoms with Gasteiger partial charge in [-0.1, -0.05) is 12.1 Å². The molecule has 0 aliphatic heterocycles. The molecule has 0 bridgehead atoms. The summed E-state index contributed by atoms with van der Waals surface area (Å²) in [5, 5.41) is 6.97. The number of benzene rings is 2. The minimum absolute atomic E-state index is 0.147. The highest BCUT2D eigenvalue weighted by Gasteiger charge is 2.18. The Morgan fingerprint density at radius 3 is 2.66 bits per heavy atom. The molecule has 2 amide bonds. The molecule has 3 rings (SSSR count). The van der Waals surface area contributed by atoms with Gasteiger partial charge >= 0.3 is 6.03 Å². The summed E-state index contributed by atoms with van der Waals surface area (Å²) in [7, 11) is -2.08. The van der Waals surface area contributed by atoms with Crippen molar-refractivity contribution in [2.45, 2.75) is 17.2 Å². The molecule has 0 saturated heterocycles. The first-order valence-corrected chi connectivity index (χ1v) is 11.0. The standard InChI is InChI=1S/C19H18FN3O4S2/c1-27-16-5-7-17(8-6-16)29(25,26)12-15-11-28-19(22-15)23-18(24)21-10-13-3-2-4-14(20)9-13/h2-9,11H,10,12H2,1H3,(H2,21,22,23,24). The van der Waals surface area contributed by atoms with Gasteiger partial charge in [0, 0.05) is 11.9 Å². The Balaban J connectivity index is 1.57. The highest BCUT2D eigenvalue weighted by molar-refractivity contribution is 7.90. The van der Waals surface area contributed by atoms with E-state index in [0.29, 0.717) is 17.0 Å². The number of hydrogen-bond acceptors (Lipinski definition) is 6. The van der Waals surface area contributed by atoms with Crippen LogP contribution in [0.5, 0.6) is 5.75 Å². The topological polar surface area (TPSA) is 97.4 Å². The number of carbonyl (C=O) groups is 1. The third-order valence-corrected chi connectivity index (χ3v) is 6.34. The van der Waals surface area contributed by atoms with E-state index in [1.54, 1.807) is 29.6 Å². The Morgan fingerprint density at radius 1 is 1.21 bits per heavy atom. The van der Waals surface area contributed by atoms with Crippen molar-refractivity contribution < 1.29 is 22.3 Å². The normalized spacial score (nSPS) is 11.1. The summed E-state index contributed by atoms with van der Waals surface area (Å²) in [6.45, 7) is 0.147. The Labute approximate surface area is 171 Å². The summed E-state index contributed by atoms with van der Waals surface area (Å²) in [4.78, 5) is 16.3. The second-order valence-electron chi connectivity index (χ2n) is 6.02. The van der Waals surface area contributed by atoms with Gasteiger partial charge in [0.1, 0.15) is 11.6 Å². The minimum atomic E-state index is -3.58. The number of aromatic nitrogens is 1. The number of anilines is 1. The van der Waals surface area contributed by atoms with Gasteiger partial charge in [-0.2, -0.15) is 0 Å². The minimum Gasteiger partial charge on any atom is -0.497 e. The monoisotopic (exact) mass is 435 g/mol. The highest BCUT2D eigenvalue weighted by Crippen LogP contribution is 2.22. The number of rotatable bonds is 7. The lowest BCUT2D eigenvalue weighted by Crippen LogP contribution is -2.28. The zero-order valence-electron chi connectivity index (χ0n) is 15.4. The van der Waals surface area contributed by atoms with Gasteiger partial charge in [0.2, 0.25) is 0 Å². The zero-order chi connectivity index (χ0) is 20.9. The van der Waals surface area contributed by atoms with Gasteiger partial charge in [0.25, 0.3) is 0 Å². The van der Waals surface area contributed by atoms with Crippen molar-refractivity contribution in [3.05, 3.63) is 71.0 Å². The van der Waals surface area contributed by atoms with E-state index in [9.17, 15) is 17.6 Å². The van der Waals surface area contributed by atoms with E-state index >= 15 is 0 Å². The fourth-order valence-electron chi connectivity index (χ4n) is 2.46. The van der Waals surface area contributed by atoms with E-state index in [4.69, 9.17) is 4.74 Å². The molecular formula is C19H18FN3O4S2. The number of methoxy groups -OCH3 is 1. The van der Waals surface area contributed by atoms with E-state index in [1.165, 1.54) is 31.4 Å². The smallest absolute Gasteiger partial charge is 0.321 e. The Bertz CT molecular complexity index is 1100. The number of halogens is 1. The molecule has 29 heavy (non-hydrogen) atoms. The maximum atomic E-state index is 13.1. The van der Waals surface area contributed by atoms with Crippen molar-refractivity contribution in [3.63, 3.8) is 0 Å². The van der Waals surface area contributed by atoms with Gasteiger partial charge in [-0.3, -0.25) is 5.32 Å². The van der Waals surface area contributed by atoms with E-state index in [0.717, 1.165) is 11.3 Å². The third-order valence-electron chi connectivity index (χ3n) is 3.87. The molecule has 0 spiro atoms. The number of amides is 2. The molecule has 2 N–H and O–H groups in total. The second kappa shape index (κ2) is 9.01. The van der Waals surface area contributed by atoms with E-state index < -0.39 is 15.9 Å². The van der Waals surface area contributed by atoms with Gasteiger partial charge in [-0.25, -0.2) is 22.6 Å². The van der Waals surface area contributed by atoms with Crippen LogP contribution in [0.3, 0.4) is 0 Å². The summed E-state index contributed by atoms with van der Waals surface area (Å²) < 4.78 is 43.2. The molecule has 3 aromatic rings. The molecule has 0 aliphatic carbocycles. The van der Waals surface area contributed by atoms with E-state index in [2.05, 4.69) is 15.6 Å². The Hall–Kier alpha value is -2.98. The van der Waals surface area contributed by atoms with Gasteiger partial charge in [-0.05, 0) is 42.0 Å². The molecule has 152 valence electrons. The molecule has 0 atom stereocenters. The molecule has 7 nitrogen and oxygen atoms in total. The number of thiazole rings is 1. The van der Waals surface area contributed by atoms with Crippen LogP contribution in [0.4, 0.5) is 14.3 Å². The molecule has 1 aromatic heterocycles. The lowest BCUT2D eigenvalue weighted by atomic mass is 10.2. The lowest BCUT2D eigenvalue weighted by Gasteiger charge is -2.06. The number of carbonyl (C=O) groups excluding carboxylic acids is 1. The fraction of sp³-hybridized carbons (Fsp3) is 0.158. The van der Waals surface area contributed by atoms with Crippen LogP contribution in [0.15, 0.2) is 58.8 Å². The molecule has 0 unspecified atom stereocenters. The number of nitrogens with zero attached hydrogens (tertiary/aromatic N) is 1. The van der Waals surface area contributed by atoms with Crippen LogP contribution in [0.25, 0.3) is 0 Å². The predicted octanol–water partition coefficient (Wildman–Crippen LogP) is 3.59. The summed E-state index contributed by atoms with van der Waals surface area (Å²) in [6, 6.07) is 11.5. The number of ether oxygens (including phenoxy) is 1. The SMILES string of the molecule is COc1ccc(S(=O)(=O)Cc2csc(NC(=O)NCc3cccc(F)c3)n2)cc1. The first-order chi connectivity index (χ1) is 13.9. The quantitative estimate of drug-likeness (QED) is 0.591. The number of hydrogen-bond donors (Lipinski definition) is 2. The lowest BCUT2D eigenvalue weighted by molar-refractivity contribution is 0.251. The van der Waals surface area contributed by atoms with E-state index in [-0.39, 0.29) is 28.1 Å². The molecule has 0 radical (unpaired) electrons. The van der Waals surface area contributed by atoms with Crippen molar-refractivity contribution in [2.24, 2.45) is 0 Å². The summed E-state index contributed by atoms with van der Waals surface area (Å²) in [5.74, 6) is -0.108. The molecule has 10 heteroatoms. The third kappa shape index (κ3) is 5.75. The van der Waals surface area contributed by atoms with Crippen molar-refractivity contribution in [1.82, 2.24) is 10.3 Å². The van der Waals surface area contributed by atoms with Crippen LogP contribution < -0.4 is 15.4 Å². The maximum absolute atomic E-state index is 13.1. The van der Waals surface area contributed by atoms with Crippen LogP contribution in [0.2, 0.25) is 0 Å². The molecule has 1 heterocycles. The predicted molar refractivity (Wildman–Crippen MR) is 108 cm³/mol. The van der Waals surface area contributed by atoms with Gasteiger partial charge in [0.05, 0.1) is 23.5 Å². The van der Waals surface area contributed by atoms with Crippen LogP contribution in [0, 0.1) is 5.82 Å². The largest absolute Gasteiger partial charge is 0.497 e. The number of nitrogens with one attached hydrogen (secondary N) is 2. The van der Waals surface area contributed by atoms with Crippen molar-refractivity contribution in [1.29, 1.82) is 0 Å². The average molecular weight is 436 g/mol. The van der Waals surface area contributed by atoms with Crippen molar-refractivity contribution in [2.75, 3.05) is 12.4 Å². The van der Waals surface area contributed by atoms with E-state index in [1.807, 2.05) is 0 Å². The zero-order valence-corrected chi connectivity index (χ0v) is 17.0. The van der Waals surface area contributed by atoms with Crippen molar-refractivity contribution in [3.8, 4) is 5.75 Å². The van der Waals surface area contributed by atoms with Crippen LogP contribution >= 0.6 is 11.3 Å². The number of sulfone groups is 1. The van der Waals surface area contributed by atoms with Crippen LogP contribution in [0.1, 0.15) is 11.3 Å². The average Bonchev–Trinajstić information content (AvgIpc) is 3.12. The molecule has 0 fully saturated rings. The first kappa shape index (κ1) is 20.7. The maximum Gasteiger partial charge on any atom is 0.321 e. The van der Waals surface area contributed by atoms with Gasteiger partial charge < -0.3 is 10.1 Å². The van der Waals surface area contributed by atoms with Gasteiger partial charge in [0.15, 0.2) is 15.0 Å². The van der Waals surface area contributed by atoms with Crippen LogP contribution in [-0.4, -0.2) is 26.5 Å². The Morgan fingerprint density at radius 2 is 1.97 bits per heavy atom. The molecular weight excluding hydrogens is 417 g/mol. The summed E-state index contributed by atoms with van der Waals surface area (Å²) in [6.07, 6.45) is 0. The second-order valence-corrected chi connectivity index (χ2v) is 8.86. The Kier molecular flexibility index (Phi) is 6.45. The summed E-state index contributed by atoms with van der Waals surface area (Å²) in [5.41, 5.74) is 0.941. The molecule has 2 aromatic carbocycles. The fourth-order valence-corrected chi connectivity index (χ4v) is 4.53. The summed E-state index contributed by atoms with van der Waals surface area (Å²) >= 11 is 1.12. The van der Waals surface area contributed by atoms with Crippen LogP contribution in [-0.2, 0) is 22.1 Å².